The van der Waals surface area contributed by atoms with E-state index in [-0.39, 0.29) is 11.8 Å². The highest BCUT2D eigenvalue weighted by Gasteiger charge is 2.20. The fourth-order valence-electron chi connectivity index (χ4n) is 3.18. The van der Waals surface area contributed by atoms with E-state index in [9.17, 15) is 9.59 Å². The number of carbonyl (C=O) groups excluding carboxylic acids is 2. The summed E-state index contributed by atoms with van der Waals surface area (Å²) in [4.78, 5) is 37.3. The molecule has 0 saturated carbocycles. The van der Waals surface area contributed by atoms with Gasteiger partial charge in [-0.1, -0.05) is 30.3 Å². The van der Waals surface area contributed by atoms with Crippen LogP contribution >= 0.6 is 0 Å². The smallest absolute Gasteiger partial charge is 0.271 e. The molecule has 0 aliphatic carbocycles. The Balaban J connectivity index is 1.84. The van der Waals surface area contributed by atoms with E-state index in [4.69, 9.17) is 0 Å². The van der Waals surface area contributed by atoms with E-state index in [1.165, 1.54) is 10.5 Å². The maximum Gasteiger partial charge on any atom is 0.271 e. The van der Waals surface area contributed by atoms with Gasteiger partial charge in [-0.2, -0.15) is 0 Å². The number of benzene rings is 1. The van der Waals surface area contributed by atoms with Crippen molar-refractivity contribution in [2.45, 2.75) is 19.9 Å². The van der Waals surface area contributed by atoms with Crippen molar-refractivity contribution in [3.05, 3.63) is 95.1 Å². The molecule has 154 valence electrons. The van der Waals surface area contributed by atoms with Gasteiger partial charge in [0.1, 0.15) is 5.69 Å². The van der Waals surface area contributed by atoms with E-state index in [0.717, 1.165) is 12.0 Å². The second-order valence-corrected chi connectivity index (χ2v) is 7.35. The number of aryl methyl sites for hydroxylation is 1. The summed E-state index contributed by atoms with van der Waals surface area (Å²) in [5.41, 5.74) is 3.57. The summed E-state index contributed by atoms with van der Waals surface area (Å²) in [6.07, 6.45) is 4.20. The van der Waals surface area contributed by atoms with Crippen LogP contribution in [0.25, 0.3) is 0 Å². The molecule has 0 spiro atoms. The van der Waals surface area contributed by atoms with Crippen LogP contribution in [0.4, 0.5) is 0 Å². The molecule has 3 rings (SSSR count). The molecule has 0 unspecified atom stereocenters. The van der Waals surface area contributed by atoms with Crippen LogP contribution in [0.5, 0.6) is 0 Å². The predicted octanol–water partition coefficient (Wildman–Crippen LogP) is 3.37. The molecule has 0 atom stereocenters. The number of pyridine rings is 2. The molecule has 3 aromatic rings. The second-order valence-electron chi connectivity index (χ2n) is 7.35. The van der Waals surface area contributed by atoms with Gasteiger partial charge < -0.3 is 9.80 Å². The van der Waals surface area contributed by atoms with Gasteiger partial charge in [-0.25, -0.2) is 4.98 Å². The Morgan fingerprint density at radius 3 is 2.20 bits per heavy atom. The highest BCUT2D eigenvalue weighted by molar-refractivity contribution is 5.97. The van der Waals surface area contributed by atoms with Crippen molar-refractivity contribution >= 4 is 11.8 Å². The Morgan fingerprint density at radius 1 is 0.867 bits per heavy atom. The average molecular weight is 402 g/mol. The fourth-order valence-corrected chi connectivity index (χ4v) is 3.18. The maximum absolute atomic E-state index is 13.4. The van der Waals surface area contributed by atoms with Crippen LogP contribution in [0.2, 0.25) is 0 Å². The van der Waals surface area contributed by atoms with Crippen LogP contribution in [0.15, 0.2) is 67.0 Å². The first-order valence-corrected chi connectivity index (χ1v) is 9.87. The zero-order chi connectivity index (χ0) is 21.5. The van der Waals surface area contributed by atoms with Crippen LogP contribution in [0.1, 0.15) is 37.7 Å². The Morgan fingerprint density at radius 2 is 1.57 bits per heavy atom. The van der Waals surface area contributed by atoms with Crippen molar-refractivity contribution in [3.8, 4) is 0 Å². The number of rotatable bonds is 7. The molecule has 0 fully saturated rings. The monoisotopic (exact) mass is 402 g/mol. The van der Waals surface area contributed by atoms with Crippen molar-refractivity contribution in [2.24, 2.45) is 0 Å². The van der Waals surface area contributed by atoms with Gasteiger partial charge in [-0.05, 0) is 48.7 Å². The first-order valence-electron chi connectivity index (χ1n) is 9.87. The Labute approximate surface area is 177 Å². The Bertz CT molecular complexity index is 1000. The quantitative estimate of drug-likeness (QED) is 0.608. The van der Waals surface area contributed by atoms with Gasteiger partial charge in [-0.3, -0.25) is 14.6 Å². The Kier molecular flexibility index (Phi) is 6.91. The lowest BCUT2D eigenvalue weighted by molar-refractivity contribution is 0.0741. The third-order valence-corrected chi connectivity index (χ3v) is 4.86. The molecule has 0 aliphatic heterocycles. The third-order valence-electron chi connectivity index (χ3n) is 4.86. The molecule has 0 saturated heterocycles. The molecular weight excluding hydrogens is 376 g/mol. The van der Waals surface area contributed by atoms with E-state index in [2.05, 4.69) is 22.1 Å². The summed E-state index contributed by atoms with van der Waals surface area (Å²) in [5.74, 6) is -0.286. The lowest BCUT2D eigenvalue weighted by atomic mass is 10.1. The molecule has 30 heavy (non-hydrogen) atoms. The second kappa shape index (κ2) is 9.78. The number of nitrogens with zero attached hydrogens (tertiary/aromatic N) is 4. The summed E-state index contributed by atoms with van der Waals surface area (Å²) in [6.45, 7) is 2.82. The predicted molar refractivity (Wildman–Crippen MR) is 116 cm³/mol. The summed E-state index contributed by atoms with van der Waals surface area (Å²) in [7, 11) is 3.36. The minimum Gasteiger partial charge on any atom is -0.343 e. The topological polar surface area (TPSA) is 66.4 Å². The van der Waals surface area contributed by atoms with Gasteiger partial charge in [0.05, 0.1) is 11.3 Å². The number of amides is 2. The Hall–Kier alpha value is -3.54. The molecule has 6 heteroatoms. The zero-order valence-electron chi connectivity index (χ0n) is 17.6. The van der Waals surface area contributed by atoms with Crippen LogP contribution in [0, 0.1) is 6.92 Å². The lowest BCUT2D eigenvalue weighted by Crippen LogP contribution is -2.33. The zero-order valence-corrected chi connectivity index (χ0v) is 17.6. The lowest BCUT2D eigenvalue weighted by Gasteiger charge is -2.24. The number of aromatic nitrogens is 2. The van der Waals surface area contributed by atoms with E-state index in [1.54, 1.807) is 45.5 Å². The molecule has 0 aliphatic rings. The molecule has 6 nitrogen and oxygen atoms in total. The molecule has 0 bridgehead atoms. The van der Waals surface area contributed by atoms with Crippen LogP contribution < -0.4 is 0 Å². The summed E-state index contributed by atoms with van der Waals surface area (Å²) >= 11 is 0. The first kappa shape index (κ1) is 21.2. The minimum atomic E-state index is -0.185. The number of hydrogen-bond donors (Lipinski definition) is 0. The SMILES string of the molecule is Cc1nc(C(=O)N(C)C)ccc1C(=O)N(CCc1ccccc1)Cc1ccncc1. The van der Waals surface area contributed by atoms with Crippen molar-refractivity contribution in [1.82, 2.24) is 19.8 Å². The molecular formula is C24H26N4O2. The van der Waals surface area contributed by atoms with Crippen LogP contribution in [-0.2, 0) is 13.0 Å². The summed E-state index contributed by atoms with van der Waals surface area (Å²) in [5, 5.41) is 0. The molecule has 2 heterocycles. The van der Waals surface area contributed by atoms with Crippen molar-refractivity contribution in [1.29, 1.82) is 0 Å². The largest absolute Gasteiger partial charge is 0.343 e. The van der Waals surface area contributed by atoms with E-state index in [1.807, 2.05) is 35.2 Å². The molecule has 0 N–H and O–H groups in total. The first-order chi connectivity index (χ1) is 14.5. The number of hydrogen-bond acceptors (Lipinski definition) is 4. The molecule has 2 aromatic heterocycles. The van der Waals surface area contributed by atoms with E-state index < -0.39 is 0 Å². The highest BCUT2D eigenvalue weighted by Crippen LogP contribution is 2.15. The fraction of sp³-hybridized carbons (Fsp3) is 0.250. The number of carbonyl (C=O) groups is 2. The van der Waals surface area contributed by atoms with E-state index >= 15 is 0 Å². The van der Waals surface area contributed by atoms with Gasteiger partial charge in [0.2, 0.25) is 0 Å². The van der Waals surface area contributed by atoms with Gasteiger partial charge >= 0.3 is 0 Å². The van der Waals surface area contributed by atoms with Gasteiger partial charge in [0.15, 0.2) is 0 Å². The van der Waals surface area contributed by atoms with E-state index in [0.29, 0.717) is 30.0 Å². The van der Waals surface area contributed by atoms with Gasteiger partial charge in [0, 0.05) is 39.6 Å². The standard InChI is InChI=1S/C24H26N4O2/c1-18-21(9-10-22(26-18)24(30)27(2)3)23(29)28(17-20-11-14-25-15-12-20)16-13-19-7-5-4-6-8-19/h4-12,14-15H,13,16-17H2,1-3H3. The molecule has 1 aromatic carbocycles. The van der Waals surface area contributed by atoms with Crippen LogP contribution in [-0.4, -0.2) is 52.2 Å². The molecule has 0 radical (unpaired) electrons. The third kappa shape index (κ3) is 5.29. The minimum absolute atomic E-state index is 0.100. The van der Waals surface area contributed by atoms with Crippen LogP contribution in [0.3, 0.4) is 0 Å². The summed E-state index contributed by atoms with van der Waals surface area (Å²) < 4.78 is 0. The normalized spacial score (nSPS) is 10.5. The van der Waals surface area contributed by atoms with Gasteiger partial charge in [-0.15, -0.1) is 0 Å². The van der Waals surface area contributed by atoms with Crippen molar-refractivity contribution < 1.29 is 9.59 Å². The van der Waals surface area contributed by atoms with Crippen molar-refractivity contribution in [2.75, 3.05) is 20.6 Å². The summed E-state index contributed by atoms with van der Waals surface area (Å²) in [6, 6.07) is 17.2. The average Bonchev–Trinajstić information content (AvgIpc) is 2.77. The van der Waals surface area contributed by atoms with Gasteiger partial charge in [0.25, 0.3) is 11.8 Å². The maximum atomic E-state index is 13.4. The van der Waals surface area contributed by atoms with Crippen molar-refractivity contribution in [3.63, 3.8) is 0 Å². The molecule has 2 amide bonds. The highest BCUT2D eigenvalue weighted by atomic mass is 16.2.